The molecule has 3 nitrogen and oxygen atoms in total. The molecule has 0 fully saturated rings. The van der Waals surface area contributed by atoms with E-state index in [1.54, 1.807) is 12.1 Å². The van der Waals surface area contributed by atoms with Crippen molar-refractivity contribution in [2.24, 2.45) is 0 Å². The van der Waals surface area contributed by atoms with Gasteiger partial charge in [0, 0.05) is 11.6 Å². The number of aryl methyl sites for hydroxylation is 2. The van der Waals surface area contributed by atoms with Gasteiger partial charge in [0.2, 0.25) is 5.89 Å². The van der Waals surface area contributed by atoms with E-state index in [1.165, 1.54) is 17.2 Å². The zero-order chi connectivity index (χ0) is 17.4. The average molecular weight is 413 g/mol. The van der Waals surface area contributed by atoms with Gasteiger partial charge in [0.15, 0.2) is 24.5 Å². The fraction of sp³-hybridized carbons (Fsp3) is 0.143. The Labute approximate surface area is 161 Å². The molecule has 0 saturated carbocycles. The maximum atomic E-state index is 13.4. The van der Waals surface area contributed by atoms with Gasteiger partial charge < -0.3 is 21.4 Å². The van der Waals surface area contributed by atoms with Crippen molar-refractivity contribution in [3.63, 3.8) is 0 Å². The topological polar surface area (TPSA) is 29.9 Å². The zero-order valence-electron chi connectivity index (χ0n) is 14.5. The molecule has 0 aliphatic heterocycles. The third kappa shape index (κ3) is 3.68. The van der Waals surface area contributed by atoms with Crippen LogP contribution in [-0.2, 0) is 6.54 Å². The lowest BCUT2D eigenvalue weighted by atomic mass is 10.1. The Morgan fingerprint density at radius 3 is 2.65 bits per heavy atom. The number of rotatable bonds is 3. The largest absolute Gasteiger partial charge is 1.00 e. The van der Waals surface area contributed by atoms with Gasteiger partial charge in [-0.3, -0.25) is 0 Å². The summed E-state index contributed by atoms with van der Waals surface area (Å²) < 4.78 is 21.3. The third-order valence-electron chi connectivity index (χ3n) is 4.36. The fourth-order valence-corrected chi connectivity index (χ4v) is 2.90. The van der Waals surface area contributed by atoms with E-state index >= 15 is 0 Å². The van der Waals surface area contributed by atoms with E-state index < -0.39 is 0 Å². The Morgan fingerprint density at radius 2 is 1.85 bits per heavy atom. The quantitative estimate of drug-likeness (QED) is 0.478. The maximum Gasteiger partial charge on any atom is 0.233 e. The highest BCUT2D eigenvalue weighted by Crippen LogP contribution is 2.25. The van der Waals surface area contributed by atoms with E-state index in [2.05, 4.69) is 18.8 Å². The van der Waals surface area contributed by atoms with Crippen LogP contribution >= 0.6 is 0 Å². The van der Waals surface area contributed by atoms with Crippen molar-refractivity contribution in [3.05, 3.63) is 83.4 Å². The molecule has 0 radical (unpaired) electrons. The van der Waals surface area contributed by atoms with E-state index in [9.17, 15) is 4.39 Å². The van der Waals surface area contributed by atoms with Crippen LogP contribution in [-0.4, -0.2) is 4.98 Å². The summed E-state index contributed by atoms with van der Waals surface area (Å²) in [5.41, 5.74) is 5.83. The average Bonchev–Trinajstić information content (AvgIpc) is 2.98. The molecule has 0 saturated heterocycles. The van der Waals surface area contributed by atoms with Crippen molar-refractivity contribution in [1.82, 2.24) is 4.98 Å². The highest BCUT2D eigenvalue weighted by molar-refractivity contribution is 5.77. The molecule has 0 amide bonds. The van der Waals surface area contributed by atoms with E-state index in [4.69, 9.17) is 4.42 Å². The first-order valence-corrected chi connectivity index (χ1v) is 8.20. The number of oxazole rings is 1. The minimum Gasteiger partial charge on any atom is -1.00 e. The van der Waals surface area contributed by atoms with E-state index in [-0.39, 0.29) is 22.8 Å². The lowest BCUT2D eigenvalue weighted by Crippen LogP contribution is -3.00. The predicted molar refractivity (Wildman–Crippen MR) is 94.6 cm³/mol. The molecule has 5 heteroatoms. The molecule has 2 aromatic heterocycles. The standard InChI is InChI=1S/C21H18FN2O.BrH/c1-14-9-19-20(10-15(14)2)25-21(23-19)17-6-4-8-24(13-17)12-16-5-3-7-18(22)11-16;/h3-11,13H,12H2,1-2H3;1H/q+1;/p-1. The maximum absolute atomic E-state index is 13.4. The SMILES string of the molecule is Cc1cc2nc(-c3ccc[n+](Cc4cccc(F)c4)c3)oc2cc1C.[Br-]. The molecule has 0 atom stereocenters. The van der Waals surface area contributed by atoms with Crippen LogP contribution in [0.1, 0.15) is 16.7 Å². The number of halogens is 2. The Morgan fingerprint density at radius 1 is 1.04 bits per heavy atom. The number of pyridine rings is 1. The minimum atomic E-state index is -0.223. The molecule has 0 spiro atoms. The van der Waals surface area contributed by atoms with Crippen LogP contribution in [0.25, 0.3) is 22.6 Å². The Hall–Kier alpha value is -2.53. The first-order valence-electron chi connectivity index (χ1n) is 8.20. The Balaban J connectivity index is 0.00000196. The lowest BCUT2D eigenvalue weighted by molar-refractivity contribution is -0.687. The summed E-state index contributed by atoms with van der Waals surface area (Å²) in [6.45, 7) is 4.72. The van der Waals surface area contributed by atoms with Gasteiger partial charge in [-0.05, 0) is 55.3 Å². The molecule has 0 N–H and O–H groups in total. The zero-order valence-corrected chi connectivity index (χ0v) is 16.1. The van der Waals surface area contributed by atoms with E-state index in [0.29, 0.717) is 12.4 Å². The second kappa shape index (κ2) is 7.38. The second-order valence-electron chi connectivity index (χ2n) is 6.32. The van der Waals surface area contributed by atoms with Gasteiger partial charge >= 0.3 is 0 Å². The van der Waals surface area contributed by atoms with Crippen molar-refractivity contribution in [2.75, 3.05) is 0 Å². The summed E-state index contributed by atoms with van der Waals surface area (Å²) in [5.74, 6) is 0.368. The highest BCUT2D eigenvalue weighted by Gasteiger charge is 2.13. The first-order chi connectivity index (χ1) is 12.1. The fourth-order valence-electron chi connectivity index (χ4n) is 2.90. The molecule has 0 aliphatic carbocycles. The molecule has 2 heterocycles. The van der Waals surface area contributed by atoms with Gasteiger partial charge in [0.05, 0.1) is 0 Å². The number of fused-ring (bicyclic) bond motifs is 1. The Bertz CT molecular complexity index is 1040. The van der Waals surface area contributed by atoms with Crippen LogP contribution in [0.5, 0.6) is 0 Å². The molecule has 2 aromatic carbocycles. The molecule has 0 bridgehead atoms. The summed E-state index contributed by atoms with van der Waals surface area (Å²) >= 11 is 0. The molecule has 26 heavy (non-hydrogen) atoms. The van der Waals surface area contributed by atoms with E-state index in [0.717, 1.165) is 22.2 Å². The van der Waals surface area contributed by atoms with Gasteiger partial charge in [-0.25, -0.2) is 9.37 Å². The number of benzene rings is 2. The lowest BCUT2D eigenvalue weighted by Gasteiger charge is -1.99. The first kappa shape index (κ1) is 18.3. The molecule has 0 aliphatic rings. The molecule has 132 valence electrons. The Kier molecular flexibility index (Phi) is 5.18. The van der Waals surface area contributed by atoms with Gasteiger partial charge in [0.1, 0.15) is 16.9 Å². The van der Waals surface area contributed by atoms with Crippen LogP contribution in [0.4, 0.5) is 4.39 Å². The van der Waals surface area contributed by atoms with Crippen molar-refractivity contribution in [1.29, 1.82) is 0 Å². The molecular weight excluding hydrogens is 395 g/mol. The van der Waals surface area contributed by atoms with Crippen molar-refractivity contribution < 1.29 is 30.4 Å². The van der Waals surface area contributed by atoms with Crippen LogP contribution in [0.3, 0.4) is 0 Å². The summed E-state index contributed by atoms with van der Waals surface area (Å²) in [6, 6.07) is 14.6. The number of nitrogens with zero attached hydrogens (tertiary/aromatic N) is 2. The van der Waals surface area contributed by atoms with Crippen molar-refractivity contribution in [2.45, 2.75) is 20.4 Å². The van der Waals surface area contributed by atoms with Crippen molar-refractivity contribution >= 4 is 11.1 Å². The molecular formula is C21H18BrFN2O. The third-order valence-corrected chi connectivity index (χ3v) is 4.36. The second-order valence-corrected chi connectivity index (χ2v) is 6.32. The van der Waals surface area contributed by atoms with Crippen molar-refractivity contribution in [3.8, 4) is 11.5 Å². The van der Waals surface area contributed by atoms with Crippen LogP contribution in [0, 0.1) is 19.7 Å². The molecule has 0 unspecified atom stereocenters. The van der Waals surface area contributed by atoms with Gasteiger partial charge in [-0.2, -0.15) is 4.57 Å². The summed E-state index contributed by atoms with van der Waals surface area (Å²) in [7, 11) is 0. The molecule has 4 rings (SSSR count). The molecule has 4 aromatic rings. The number of hydrogen-bond donors (Lipinski definition) is 0. The normalized spacial score (nSPS) is 10.7. The summed E-state index contributed by atoms with van der Waals surface area (Å²) in [6.07, 6.45) is 3.92. The number of aromatic nitrogens is 2. The summed E-state index contributed by atoms with van der Waals surface area (Å²) in [5, 5.41) is 0. The predicted octanol–water partition coefficient (Wildman–Crippen LogP) is 1.59. The van der Waals surface area contributed by atoms with Crippen LogP contribution in [0.2, 0.25) is 0 Å². The smallest absolute Gasteiger partial charge is 0.233 e. The van der Waals surface area contributed by atoms with E-state index in [1.807, 2.05) is 47.3 Å². The van der Waals surface area contributed by atoms with Gasteiger partial charge in [-0.1, -0.05) is 12.1 Å². The van der Waals surface area contributed by atoms with Crippen LogP contribution < -0.4 is 21.5 Å². The highest BCUT2D eigenvalue weighted by atomic mass is 79.9. The minimum absolute atomic E-state index is 0. The number of hydrogen-bond acceptors (Lipinski definition) is 2. The monoisotopic (exact) mass is 412 g/mol. The van der Waals surface area contributed by atoms with Gasteiger partial charge in [0.25, 0.3) is 0 Å². The van der Waals surface area contributed by atoms with Crippen LogP contribution in [0.15, 0.2) is 65.3 Å². The van der Waals surface area contributed by atoms with Gasteiger partial charge in [-0.15, -0.1) is 0 Å². The summed E-state index contributed by atoms with van der Waals surface area (Å²) in [4.78, 5) is 4.61.